The van der Waals surface area contributed by atoms with Crippen molar-refractivity contribution in [2.24, 2.45) is 5.73 Å². The predicted octanol–water partition coefficient (Wildman–Crippen LogP) is 4.53. The molecular weight excluding hydrogens is 536 g/mol. The van der Waals surface area contributed by atoms with Gasteiger partial charge in [-0.1, -0.05) is 42.5 Å². The van der Waals surface area contributed by atoms with Crippen LogP contribution in [0.4, 0.5) is 11.4 Å². The molecule has 2 heterocycles. The first-order chi connectivity index (χ1) is 19.6. The Balaban J connectivity index is 1.43. The number of carbonyl (C=O) groups is 2. The van der Waals surface area contributed by atoms with E-state index >= 15 is 0 Å². The standard InChI is InChI=1S/C32H36N4O4S/c1-4-17-35(41(3,39)40)18-8-10-23-20-28-26(14-15-27(31(33)37)30(28)34-23)24-12-7-13-29(21(24)2)36-19-16-22-9-5-6-11-25(22)32(36)38/h4-7,9,11-15,23,34H,1,8,10,16-20H2,2-3H3,(H2,33,37)/t23-/m1/s1. The lowest BCUT2D eigenvalue weighted by molar-refractivity contribution is 0.0977. The average Bonchev–Trinajstić information content (AvgIpc) is 3.36. The second-order valence-corrected chi connectivity index (χ2v) is 12.8. The van der Waals surface area contributed by atoms with Crippen molar-refractivity contribution in [3.63, 3.8) is 0 Å². The summed E-state index contributed by atoms with van der Waals surface area (Å²) in [6.07, 6.45) is 5.63. The fourth-order valence-corrected chi connectivity index (χ4v) is 6.91. The molecule has 2 amide bonds. The summed E-state index contributed by atoms with van der Waals surface area (Å²) in [5, 5.41) is 3.50. The van der Waals surface area contributed by atoms with E-state index < -0.39 is 15.9 Å². The van der Waals surface area contributed by atoms with Crippen molar-refractivity contribution < 1.29 is 18.0 Å². The van der Waals surface area contributed by atoms with Gasteiger partial charge in [-0.05, 0) is 78.6 Å². The number of hydrogen-bond acceptors (Lipinski definition) is 5. The van der Waals surface area contributed by atoms with Gasteiger partial charge >= 0.3 is 0 Å². The van der Waals surface area contributed by atoms with Crippen molar-refractivity contribution in [1.29, 1.82) is 0 Å². The maximum atomic E-state index is 13.4. The van der Waals surface area contributed by atoms with E-state index in [2.05, 4.69) is 11.9 Å². The first-order valence-corrected chi connectivity index (χ1v) is 15.7. The highest BCUT2D eigenvalue weighted by molar-refractivity contribution is 7.88. The van der Waals surface area contributed by atoms with Crippen LogP contribution in [0, 0.1) is 6.92 Å². The van der Waals surface area contributed by atoms with Gasteiger partial charge in [0.1, 0.15) is 0 Å². The second kappa shape index (κ2) is 11.5. The van der Waals surface area contributed by atoms with Crippen LogP contribution >= 0.6 is 0 Å². The Morgan fingerprint density at radius 2 is 1.88 bits per heavy atom. The average molecular weight is 573 g/mol. The predicted molar refractivity (Wildman–Crippen MR) is 164 cm³/mol. The van der Waals surface area contributed by atoms with Gasteiger partial charge in [-0.2, -0.15) is 4.31 Å². The number of anilines is 2. The molecule has 9 heteroatoms. The molecule has 0 aliphatic carbocycles. The maximum Gasteiger partial charge on any atom is 0.258 e. The number of hydrogen-bond donors (Lipinski definition) is 2. The molecule has 0 unspecified atom stereocenters. The smallest absolute Gasteiger partial charge is 0.258 e. The van der Waals surface area contributed by atoms with Crippen LogP contribution in [0.1, 0.15) is 50.2 Å². The summed E-state index contributed by atoms with van der Waals surface area (Å²) in [4.78, 5) is 27.6. The maximum absolute atomic E-state index is 13.4. The summed E-state index contributed by atoms with van der Waals surface area (Å²) < 4.78 is 25.6. The van der Waals surface area contributed by atoms with E-state index in [1.807, 2.05) is 60.4 Å². The number of rotatable bonds is 10. The highest BCUT2D eigenvalue weighted by Crippen LogP contribution is 2.41. The molecule has 0 saturated heterocycles. The number of benzene rings is 3. The first kappa shape index (κ1) is 28.6. The van der Waals surface area contributed by atoms with Crippen molar-refractivity contribution in [1.82, 2.24) is 4.31 Å². The molecule has 0 radical (unpaired) electrons. The summed E-state index contributed by atoms with van der Waals surface area (Å²) in [5.74, 6) is -0.499. The molecule has 2 aliphatic rings. The zero-order chi connectivity index (χ0) is 29.3. The fourth-order valence-electron chi connectivity index (χ4n) is 6.07. The van der Waals surface area contributed by atoms with E-state index in [1.54, 1.807) is 12.1 Å². The number of carbonyl (C=O) groups excluding carboxylic acids is 2. The SMILES string of the molecule is C=CCN(CCC[C@@H]1Cc2c(-c3cccc(N4CCc5ccccc5C4=O)c3C)ccc(C(N)=O)c2N1)S(C)(=O)=O. The molecule has 8 nitrogen and oxygen atoms in total. The minimum Gasteiger partial charge on any atom is -0.381 e. The minimum absolute atomic E-state index is 0.00253. The highest BCUT2D eigenvalue weighted by atomic mass is 32.2. The van der Waals surface area contributed by atoms with Gasteiger partial charge in [0.05, 0.1) is 17.5 Å². The number of fused-ring (bicyclic) bond motifs is 2. The third kappa shape index (κ3) is 5.64. The van der Waals surface area contributed by atoms with Crippen LogP contribution in [0.3, 0.4) is 0 Å². The van der Waals surface area contributed by atoms with Gasteiger partial charge in [-0.15, -0.1) is 6.58 Å². The van der Waals surface area contributed by atoms with E-state index in [0.717, 1.165) is 57.6 Å². The Hall–Kier alpha value is -3.95. The van der Waals surface area contributed by atoms with Crippen molar-refractivity contribution in [3.8, 4) is 11.1 Å². The summed E-state index contributed by atoms with van der Waals surface area (Å²) in [7, 11) is -3.32. The number of nitrogens with one attached hydrogen (secondary N) is 1. The topological polar surface area (TPSA) is 113 Å². The molecule has 3 N–H and O–H groups in total. The Morgan fingerprint density at radius 3 is 2.61 bits per heavy atom. The summed E-state index contributed by atoms with van der Waals surface area (Å²) >= 11 is 0. The normalized spacial score (nSPS) is 16.3. The van der Waals surface area contributed by atoms with Crippen LogP contribution in [-0.2, 0) is 22.9 Å². The number of amides is 2. The summed E-state index contributed by atoms with van der Waals surface area (Å²) in [5.41, 5.74) is 13.6. The van der Waals surface area contributed by atoms with E-state index in [1.165, 1.54) is 10.6 Å². The quantitative estimate of drug-likeness (QED) is 0.347. The van der Waals surface area contributed by atoms with Gasteiger partial charge in [-0.3, -0.25) is 9.59 Å². The molecule has 0 saturated carbocycles. The molecule has 0 spiro atoms. The minimum atomic E-state index is -3.32. The lowest BCUT2D eigenvalue weighted by atomic mass is 9.90. The van der Waals surface area contributed by atoms with Crippen LogP contribution < -0.4 is 16.0 Å². The third-order valence-electron chi connectivity index (χ3n) is 8.12. The van der Waals surface area contributed by atoms with Crippen LogP contribution in [0.25, 0.3) is 11.1 Å². The van der Waals surface area contributed by atoms with Crippen LogP contribution in [0.15, 0.2) is 67.3 Å². The lowest BCUT2D eigenvalue weighted by Crippen LogP contribution is -2.38. The summed E-state index contributed by atoms with van der Waals surface area (Å²) in [6, 6.07) is 17.5. The molecule has 0 aromatic heterocycles. The van der Waals surface area contributed by atoms with E-state index in [9.17, 15) is 18.0 Å². The van der Waals surface area contributed by atoms with Crippen molar-refractivity contribution in [2.45, 2.75) is 38.6 Å². The molecule has 3 aromatic carbocycles. The summed E-state index contributed by atoms with van der Waals surface area (Å²) in [6.45, 7) is 6.97. The van der Waals surface area contributed by atoms with E-state index in [4.69, 9.17) is 5.73 Å². The highest BCUT2D eigenvalue weighted by Gasteiger charge is 2.30. The largest absolute Gasteiger partial charge is 0.381 e. The molecule has 0 bridgehead atoms. The molecule has 214 valence electrons. The number of nitrogens with two attached hydrogens (primary N) is 1. The molecule has 5 rings (SSSR count). The van der Waals surface area contributed by atoms with Crippen LogP contribution in [0.2, 0.25) is 0 Å². The van der Waals surface area contributed by atoms with Gasteiger partial charge in [0, 0.05) is 36.9 Å². The number of primary amides is 1. The molecular formula is C32H36N4O4S. The number of sulfonamides is 1. The monoisotopic (exact) mass is 572 g/mol. The Morgan fingerprint density at radius 1 is 1.12 bits per heavy atom. The fraction of sp³-hybridized carbons (Fsp3) is 0.312. The van der Waals surface area contributed by atoms with Crippen molar-refractivity contribution in [2.75, 3.05) is 36.1 Å². The molecule has 3 aromatic rings. The molecule has 1 atom stereocenters. The van der Waals surface area contributed by atoms with Gasteiger partial charge < -0.3 is 16.0 Å². The van der Waals surface area contributed by atoms with Crippen molar-refractivity contribution in [3.05, 3.63) is 95.1 Å². The Bertz CT molecular complexity index is 1630. The second-order valence-electron chi connectivity index (χ2n) is 10.8. The molecule has 0 fully saturated rings. The molecule has 2 aliphatic heterocycles. The van der Waals surface area contributed by atoms with Gasteiger partial charge in [0.2, 0.25) is 10.0 Å². The van der Waals surface area contributed by atoms with Crippen LogP contribution in [0.5, 0.6) is 0 Å². The molecule has 41 heavy (non-hydrogen) atoms. The number of nitrogens with zero attached hydrogens (tertiary/aromatic N) is 2. The van der Waals surface area contributed by atoms with Crippen molar-refractivity contribution >= 4 is 33.2 Å². The lowest BCUT2D eigenvalue weighted by Gasteiger charge is -2.30. The zero-order valence-electron chi connectivity index (χ0n) is 23.5. The van der Waals surface area contributed by atoms with Crippen LogP contribution in [-0.4, -0.2) is 56.5 Å². The third-order valence-corrected chi connectivity index (χ3v) is 9.39. The van der Waals surface area contributed by atoms with E-state index in [-0.39, 0.29) is 18.5 Å². The Labute approximate surface area is 241 Å². The zero-order valence-corrected chi connectivity index (χ0v) is 24.3. The first-order valence-electron chi connectivity index (χ1n) is 13.9. The van der Waals surface area contributed by atoms with Gasteiger partial charge in [-0.25, -0.2) is 8.42 Å². The van der Waals surface area contributed by atoms with Gasteiger partial charge in [0.25, 0.3) is 11.8 Å². The van der Waals surface area contributed by atoms with Gasteiger partial charge in [0.15, 0.2) is 0 Å². The Kier molecular flexibility index (Phi) is 8.02. The van der Waals surface area contributed by atoms with E-state index in [0.29, 0.717) is 31.5 Å².